The lowest BCUT2D eigenvalue weighted by Crippen LogP contribution is -2.29. The number of aryl methyl sites for hydroxylation is 1. The molecule has 0 bridgehead atoms. The molecule has 1 atom stereocenters. The largest absolute Gasteiger partial charge is 0.507 e. The molecule has 1 aliphatic heterocycles. The third kappa shape index (κ3) is 5.65. The summed E-state index contributed by atoms with van der Waals surface area (Å²) in [6.45, 7) is 6.09. The van der Waals surface area contributed by atoms with Crippen LogP contribution in [0.15, 0.2) is 54.1 Å². The zero-order chi connectivity index (χ0) is 28.1. The van der Waals surface area contributed by atoms with Crippen LogP contribution in [0.4, 0.5) is 5.13 Å². The fourth-order valence-corrected chi connectivity index (χ4v) is 5.22. The van der Waals surface area contributed by atoms with E-state index in [0.717, 1.165) is 24.2 Å². The molecule has 1 unspecified atom stereocenters. The van der Waals surface area contributed by atoms with Crippen LogP contribution in [0.25, 0.3) is 5.76 Å². The van der Waals surface area contributed by atoms with Gasteiger partial charge in [0.1, 0.15) is 22.1 Å². The highest BCUT2D eigenvalue weighted by atomic mass is 32.1. The Kier molecular flexibility index (Phi) is 8.65. The molecule has 2 aromatic carbocycles. The van der Waals surface area contributed by atoms with E-state index in [1.165, 1.54) is 12.0 Å². The van der Waals surface area contributed by atoms with Gasteiger partial charge in [-0.15, -0.1) is 0 Å². The average molecular weight is 551 g/mol. The van der Waals surface area contributed by atoms with Gasteiger partial charge in [-0.2, -0.15) is 0 Å². The number of anilines is 1. The second-order valence-corrected chi connectivity index (χ2v) is 9.78. The maximum Gasteiger partial charge on any atom is 0.350 e. The number of aliphatic hydroxyl groups excluding tert-OH is 1. The Hall–Kier alpha value is -4.18. The Morgan fingerprint density at radius 1 is 1.10 bits per heavy atom. The number of rotatable bonds is 10. The second kappa shape index (κ2) is 12.1. The molecule has 39 heavy (non-hydrogen) atoms. The second-order valence-electron chi connectivity index (χ2n) is 8.80. The van der Waals surface area contributed by atoms with Crippen LogP contribution in [0.1, 0.15) is 59.2 Å². The SMILES string of the molecule is CCCCOc1cccc(C2/C(=C(\O)c3ccc(OC)cc3)C(=O)C(=O)N2c2nc(C)c(C(=O)OCC)s2)c1. The lowest BCUT2D eigenvalue weighted by atomic mass is 9.95. The minimum atomic E-state index is -1.01. The monoisotopic (exact) mass is 550 g/mol. The topological polar surface area (TPSA) is 115 Å². The molecule has 3 aromatic rings. The van der Waals surface area contributed by atoms with Crippen molar-refractivity contribution in [2.75, 3.05) is 25.2 Å². The molecule has 1 amide bonds. The molecule has 204 valence electrons. The Bertz CT molecular complexity index is 1410. The summed E-state index contributed by atoms with van der Waals surface area (Å²) in [5.74, 6) is -1.48. The molecule has 1 aromatic heterocycles. The van der Waals surface area contributed by atoms with Crippen LogP contribution in [-0.2, 0) is 14.3 Å². The number of aromatic nitrogens is 1. The number of ketones is 1. The van der Waals surface area contributed by atoms with Crippen molar-refractivity contribution in [3.8, 4) is 11.5 Å². The number of unbranched alkanes of at least 4 members (excludes halogenated alkanes) is 1. The van der Waals surface area contributed by atoms with E-state index < -0.39 is 23.7 Å². The standard InChI is InChI=1S/C29H30N2O7S/c1-5-7-15-38-21-10-8-9-19(16-21)23-22(24(32)18-11-13-20(36-4)14-12-18)25(33)27(34)31(23)29-30-17(3)26(39-29)28(35)37-6-2/h8-14,16,23,32H,5-7,15H2,1-4H3/b24-22+. The Morgan fingerprint density at radius 3 is 2.51 bits per heavy atom. The maximum absolute atomic E-state index is 13.5. The van der Waals surface area contributed by atoms with E-state index in [1.54, 1.807) is 62.4 Å². The molecule has 0 spiro atoms. The zero-order valence-electron chi connectivity index (χ0n) is 22.2. The number of hydrogen-bond acceptors (Lipinski definition) is 9. The highest BCUT2D eigenvalue weighted by Crippen LogP contribution is 2.44. The van der Waals surface area contributed by atoms with Crippen LogP contribution in [0.3, 0.4) is 0 Å². The summed E-state index contributed by atoms with van der Waals surface area (Å²) in [7, 11) is 1.52. The van der Waals surface area contributed by atoms with Crippen LogP contribution in [0, 0.1) is 6.92 Å². The van der Waals surface area contributed by atoms with Gasteiger partial charge in [0.2, 0.25) is 0 Å². The van der Waals surface area contributed by atoms with E-state index in [-0.39, 0.29) is 27.9 Å². The van der Waals surface area contributed by atoms with Gasteiger partial charge in [0.05, 0.1) is 37.6 Å². The number of hydrogen-bond donors (Lipinski definition) is 1. The number of aliphatic hydroxyl groups is 1. The summed E-state index contributed by atoms with van der Waals surface area (Å²) in [5.41, 5.74) is 1.17. The van der Waals surface area contributed by atoms with E-state index >= 15 is 0 Å². The molecule has 2 heterocycles. The van der Waals surface area contributed by atoms with Crippen LogP contribution in [0.2, 0.25) is 0 Å². The minimum absolute atomic E-state index is 0.0959. The number of carbonyl (C=O) groups excluding carboxylic acids is 3. The number of esters is 1. The molecule has 1 aliphatic rings. The summed E-state index contributed by atoms with van der Waals surface area (Å²) in [6, 6.07) is 12.6. The van der Waals surface area contributed by atoms with Crippen LogP contribution in [0.5, 0.6) is 11.5 Å². The van der Waals surface area contributed by atoms with Crippen LogP contribution >= 0.6 is 11.3 Å². The molecule has 1 saturated heterocycles. The fraction of sp³-hybridized carbons (Fsp3) is 0.310. The van der Waals surface area contributed by atoms with Crippen molar-refractivity contribution in [3.05, 3.63) is 75.8 Å². The Morgan fingerprint density at radius 2 is 1.85 bits per heavy atom. The van der Waals surface area contributed by atoms with E-state index in [4.69, 9.17) is 14.2 Å². The number of amides is 1. The summed E-state index contributed by atoms with van der Waals surface area (Å²) >= 11 is 0.960. The van der Waals surface area contributed by atoms with Gasteiger partial charge in [-0.3, -0.25) is 14.5 Å². The predicted molar refractivity (Wildman–Crippen MR) is 147 cm³/mol. The molecule has 4 rings (SSSR count). The Balaban J connectivity index is 1.87. The smallest absolute Gasteiger partial charge is 0.350 e. The third-order valence-electron chi connectivity index (χ3n) is 6.20. The van der Waals surface area contributed by atoms with Gasteiger partial charge in [0, 0.05) is 5.56 Å². The quantitative estimate of drug-likeness (QED) is 0.117. The fourth-order valence-electron chi connectivity index (χ4n) is 4.23. The number of ether oxygens (including phenoxy) is 3. The van der Waals surface area contributed by atoms with Crippen molar-refractivity contribution in [1.82, 2.24) is 4.98 Å². The van der Waals surface area contributed by atoms with E-state index in [0.29, 0.717) is 34.9 Å². The molecule has 0 aliphatic carbocycles. The highest BCUT2D eigenvalue weighted by molar-refractivity contribution is 7.17. The summed E-state index contributed by atoms with van der Waals surface area (Å²) < 4.78 is 16.2. The van der Waals surface area contributed by atoms with Gasteiger partial charge in [0.15, 0.2) is 5.13 Å². The summed E-state index contributed by atoms with van der Waals surface area (Å²) in [6.07, 6.45) is 1.84. The molecular formula is C29H30N2O7S. The number of nitrogens with zero attached hydrogens (tertiary/aromatic N) is 2. The van der Waals surface area contributed by atoms with E-state index in [2.05, 4.69) is 11.9 Å². The number of thiazole rings is 1. The molecule has 10 heteroatoms. The molecule has 0 radical (unpaired) electrons. The van der Waals surface area contributed by atoms with Crippen LogP contribution in [-0.4, -0.2) is 48.1 Å². The van der Waals surface area contributed by atoms with Gasteiger partial charge in [-0.25, -0.2) is 9.78 Å². The van der Waals surface area contributed by atoms with Crippen molar-refractivity contribution in [2.45, 2.75) is 39.7 Å². The van der Waals surface area contributed by atoms with Gasteiger partial charge < -0.3 is 19.3 Å². The van der Waals surface area contributed by atoms with Crippen molar-refractivity contribution in [3.63, 3.8) is 0 Å². The lowest BCUT2D eigenvalue weighted by molar-refractivity contribution is -0.132. The normalized spacial score (nSPS) is 16.4. The molecule has 0 saturated carbocycles. The van der Waals surface area contributed by atoms with Crippen molar-refractivity contribution in [2.24, 2.45) is 0 Å². The zero-order valence-corrected chi connectivity index (χ0v) is 23.0. The van der Waals surface area contributed by atoms with E-state index in [9.17, 15) is 19.5 Å². The average Bonchev–Trinajstić information content (AvgIpc) is 3.45. The Labute approximate surface area is 230 Å². The van der Waals surface area contributed by atoms with Gasteiger partial charge in [-0.05, 0) is 62.2 Å². The van der Waals surface area contributed by atoms with Crippen molar-refractivity contribution >= 4 is 39.9 Å². The van der Waals surface area contributed by atoms with Crippen LogP contribution < -0.4 is 14.4 Å². The first-order valence-corrected chi connectivity index (χ1v) is 13.4. The number of methoxy groups -OCH3 is 1. The number of carbonyl (C=O) groups is 3. The van der Waals surface area contributed by atoms with Crippen molar-refractivity contribution < 1.29 is 33.7 Å². The first kappa shape index (κ1) is 27.8. The number of Topliss-reactive ketones (excluding diaryl/α,β-unsaturated/α-hetero) is 1. The molecule has 1 N–H and O–H groups in total. The van der Waals surface area contributed by atoms with E-state index in [1.807, 2.05) is 0 Å². The first-order chi connectivity index (χ1) is 18.8. The molecule has 1 fully saturated rings. The highest BCUT2D eigenvalue weighted by Gasteiger charge is 2.48. The minimum Gasteiger partial charge on any atom is -0.507 e. The maximum atomic E-state index is 13.5. The third-order valence-corrected chi connectivity index (χ3v) is 7.34. The summed E-state index contributed by atoms with van der Waals surface area (Å²) in [5, 5.41) is 11.5. The van der Waals surface area contributed by atoms with Crippen molar-refractivity contribution in [1.29, 1.82) is 0 Å². The van der Waals surface area contributed by atoms with Gasteiger partial charge >= 0.3 is 11.9 Å². The van der Waals surface area contributed by atoms with Gasteiger partial charge in [0.25, 0.3) is 5.78 Å². The molecule has 9 nitrogen and oxygen atoms in total. The summed E-state index contributed by atoms with van der Waals surface area (Å²) in [4.78, 5) is 45.3. The van der Waals surface area contributed by atoms with Gasteiger partial charge in [-0.1, -0.05) is 36.8 Å². The molecular weight excluding hydrogens is 520 g/mol. The first-order valence-electron chi connectivity index (χ1n) is 12.6. The lowest BCUT2D eigenvalue weighted by Gasteiger charge is -2.23. The number of benzene rings is 2. The predicted octanol–water partition coefficient (Wildman–Crippen LogP) is 5.44.